The summed E-state index contributed by atoms with van der Waals surface area (Å²) in [5, 5.41) is 19.0. The molecule has 0 aromatic heterocycles. The Balaban J connectivity index is 0.000000518. The van der Waals surface area contributed by atoms with E-state index >= 15 is 0 Å². The van der Waals surface area contributed by atoms with Crippen LogP contribution in [0.25, 0.3) is 34.8 Å². The normalized spacial score (nSPS) is 16.3. The molecular weight excluding hydrogens is 2080 g/mol. The van der Waals surface area contributed by atoms with Crippen LogP contribution < -0.4 is 88.8 Å². The molecule has 2 aliphatic carbocycles. The maximum absolute atomic E-state index is 12.4. The smallest absolute Gasteiger partial charge is 0.748 e. The van der Waals surface area contributed by atoms with Gasteiger partial charge in [-0.25, -0.2) is 59.7 Å². The molecule has 40 nitrogen and oxygen atoms in total. The van der Waals surface area contributed by atoms with Crippen molar-refractivity contribution in [2.75, 3.05) is 290 Å². The number of ether oxygens (including phenoxy) is 15. The number of sulfone groups is 2. The maximum atomic E-state index is 12.4. The van der Waals surface area contributed by atoms with Crippen molar-refractivity contribution in [3.05, 3.63) is 165 Å². The number of carboxylic acid groups (broad SMARTS) is 1. The summed E-state index contributed by atoms with van der Waals surface area (Å²) in [7, 11) is -22.0. The Labute approximate surface area is 923 Å². The number of anilines is 2. The summed E-state index contributed by atoms with van der Waals surface area (Å²) >= 11 is 0. The zero-order valence-electron chi connectivity index (χ0n) is 88.6. The molecule has 6 aliphatic rings. The Morgan fingerprint density at radius 1 is 0.396 bits per heavy atom. The first kappa shape index (κ1) is 134. The summed E-state index contributed by atoms with van der Waals surface area (Å²) in [5.41, 5.74) is 4.27. The molecule has 4 heterocycles. The van der Waals surface area contributed by atoms with E-state index in [1.54, 1.807) is 26.4 Å². The minimum atomic E-state index is -4.85. The zero-order valence-corrected chi connectivity index (χ0v) is 97.5. The largest absolute Gasteiger partial charge is 1.00 e. The summed E-state index contributed by atoms with van der Waals surface area (Å²) in [5.74, 6) is 0.270. The Kier molecular flexibility index (Phi) is 59.8. The fourth-order valence-corrected chi connectivity index (χ4v) is 19.3. The first-order valence-corrected chi connectivity index (χ1v) is 59.0. The van der Waals surface area contributed by atoms with Crippen molar-refractivity contribution < 1.29 is 223 Å². The molecule has 0 saturated carbocycles. The van der Waals surface area contributed by atoms with Gasteiger partial charge in [0.2, 0.25) is 10.7 Å². The van der Waals surface area contributed by atoms with Crippen LogP contribution in [0.4, 0.5) is 11.4 Å². The Morgan fingerprint density at radius 3 is 1.00 bits per heavy atom. The van der Waals surface area contributed by atoms with E-state index in [2.05, 4.69) is 0 Å². The van der Waals surface area contributed by atoms with Gasteiger partial charge >= 0.3 is 65.1 Å². The monoisotopic (exact) mass is 2230 g/mol. The molecular formula is C101H150N4Na2O36S6. The molecule has 2 aromatic rings. The van der Waals surface area contributed by atoms with Crippen LogP contribution in [0, 0.1) is 0 Å². The number of carboxylic acids is 1. The van der Waals surface area contributed by atoms with Gasteiger partial charge in [-0.3, -0.25) is 4.79 Å². The summed E-state index contributed by atoms with van der Waals surface area (Å²) in [6.07, 6.45) is 15.1. The SMILES string of the molecule is COCCOCCOCCOCC[N+](CCCS(=O)(=O)[O-])=c1ccc2c(/C=C/C=C3\N(CCCS(C)(=O)=O)c4ccc(S(=O)(=O)[O-])cc4C3(C)CCOCCOCCOCCO)cc(C(C)(C)C)oc-2c1.COCCOCCOCCOCC[N+](CCCS(=O)(=O)[O-])=c1ccc2c(/C=C/C=C3\N(CCCS(C)(=O)=O)c4ccc(S(=O)(=O)[O-])cc4C3(C)CCOCCOCCOCCOCCC(=O)O)cc(C(C)(C)C)oc-2c1.[Na+].[Na+]. The molecule has 828 valence electrons. The molecule has 0 spiro atoms. The van der Waals surface area contributed by atoms with Gasteiger partial charge in [0.1, 0.15) is 89.3 Å². The van der Waals surface area contributed by atoms with Gasteiger partial charge in [-0.05, 0) is 135 Å². The third kappa shape index (κ3) is 48.9. The van der Waals surface area contributed by atoms with Crippen molar-refractivity contribution in [1.82, 2.24) is 9.15 Å². The number of allylic oxidation sites excluding steroid dienone is 6. The molecule has 4 aliphatic heterocycles. The summed E-state index contributed by atoms with van der Waals surface area (Å²) in [6, 6.07) is 23.8. The number of nitrogens with zero attached hydrogens (tertiary/aromatic N) is 4. The minimum absolute atomic E-state index is 0. The van der Waals surface area contributed by atoms with Crippen LogP contribution in [-0.2, 0) is 158 Å². The second-order valence-electron chi connectivity index (χ2n) is 37.5. The van der Waals surface area contributed by atoms with E-state index in [9.17, 15) is 73.5 Å². The number of methoxy groups -OCH3 is 2. The van der Waals surface area contributed by atoms with Gasteiger partial charge in [0.15, 0.2) is 13.1 Å². The van der Waals surface area contributed by atoms with E-state index in [0.29, 0.717) is 177 Å². The van der Waals surface area contributed by atoms with Gasteiger partial charge in [-0.2, -0.15) is 0 Å². The Morgan fingerprint density at radius 2 is 0.705 bits per heavy atom. The number of carbonyl (C=O) groups is 1. The van der Waals surface area contributed by atoms with Gasteiger partial charge in [0.25, 0.3) is 0 Å². The molecule has 8 rings (SSSR count). The van der Waals surface area contributed by atoms with Crippen molar-refractivity contribution in [2.24, 2.45) is 0 Å². The van der Waals surface area contributed by atoms with E-state index in [1.165, 1.54) is 36.8 Å². The fraction of sp³-hybridized carbons (Fsp3) is 0.614. The summed E-state index contributed by atoms with van der Waals surface area (Å²) in [4.78, 5) is 13.8. The van der Waals surface area contributed by atoms with E-state index in [-0.39, 0.29) is 220 Å². The van der Waals surface area contributed by atoms with Crippen LogP contribution in [0.5, 0.6) is 0 Å². The first-order chi connectivity index (χ1) is 69.5. The predicted octanol–water partition coefficient (Wildman–Crippen LogP) is 1.57. The van der Waals surface area contributed by atoms with Gasteiger partial charge in [-0.15, -0.1) is 0 Å². The Bertz CT molecular complexity index is 6050. The van der Waals surface area contributed by atoms with Crippen molar-refractivity contribution in [2.45, 2.75) is 132 Å². The van der Waals surface area contributed by atoms with Crippen molar-refractivity contribution >= 4 is 89.6 Å². The fourth-order valence-electron chi connectivity index (χ4n) is 16.1. The number of aliphatic hydroxyl groups excluding tert-OH is 1. The summed E-state index contributed by atoms with van der Waals surface area (Å²) < 4.78 is 293. The zero-order chi connectivity index (χ0) is 108. The van der Waals surface area contributed by atoms with E-state index < -0.39 is 104 Å². The molecule has 0 saturated heterocycles. The molecule has 0 radical (unpaired) electrons. The molecule has 2 unspecified atom stereocenters. The van der Waals surface area contributed by atoms with Gasteiger partial charge < -0.3 is 118 Å². The molecule has 48 heteroatoms. The summed E-state index contributed by atoms with van der Waals surface area (Å²) in [6.45, 7) is 26.8. The number of aliphatic hydroxyl groups is 1. The van der Waals surface area contributed by atoms with Gasteiger partial charge in [0.05, 0.1) is 225 Å². The standard InChI is InChI=1S/C52H78N2O19S3.C49H74N2O17S3.2Na/c1-51(2,3)49-38-41(44-14-12-42(39-47(44)73-49)53(18-8-37-75(59,60)61)20-23-68-28-31-72-33-32-69-25-24-65-5)10-7-11-48-52(4,17-22-67-27-30-71-35-34-70-29-26-66-21-16-50(55)56)45-40-43(76(62,63)64)13-15-46(45)54(48)19-9-36-74(6,57)58;1-48(2,3)47-36-39(42-14-12-40(37-45(42)68-47)50(17-8-35-70(55,56)57)19-22-63-27-30-67-33-32-65-25-24-61-5)10-7-11-46-49(4,16-21-62-26-29-66-31-28-64-23-20-52)43-38-41(71(58,59)60)13-15-44(43)51(46)18-9-34-69(6,53)54;;/h7,10-15,38-40H,8-9,16-37H2,1-6H3,(H2-,55,56,59,60,61,62,63,64);7,10-15,36-38,52H,8-9,16-35H2,1-6H3,(H-,55,56,57,58,59,60);;/q;;2*+1/p-2. The molecule has 0 fully saturated rings. The molecule has 2 N–H and O–H groups in total. The van der Waals surface area contributed by atoms with Crippen molar-refractivity contribution in [3.8, 4) is 22.6 Å². The van der Waals surface area contributed by atoms with E-state index in [0.717, 1.165) is 44.4 Å². The number of benzene rings is 4. The second-order valence-corrected chi connectivity index (χ2v) is 47.9. The van der Waals surface area contributed by atoms with Crippen LogP contribution in [0.1, 0.15) is 134 Å². The third-order valence-electron chi connectivity index (χ3n) is 23.7. The average Bonchev–Trinajstić information content (AvgIpc) is 1.61. The number of hydrogen-bond donors (Lipinski definition) is 2. The van der Waals surface area contributed by atoms with E-state index in [4.69, 9.17) is 90.1 Å². The number of aliphatic carboxylic acids is 1. The molecule has 2 atom stereocenters. The number of rotatable bonds is 72. The topological polar surface area (TPSA) is 532 Å². The van der Waals surface area contributed by atoms with Crippen LogP contribution >= 0.6 is 0 Å². The quantitative estimate of drug-likeness (QED) is 0.0237. The minimum Gasteiger partial charge on any atom is -0.748 e. The molecule has 149 heavy (non-hydrogen) atoms. The van der Waals surface area contributed by atoms with Crippen LogP contribution in [-0.4, -0.2) is 366 Å². The maximum Gasteiger partial charge on any atom is 1.00 e. The first-order valence-electron chi connectivity index (χ1n) is 48.9. The number of hydrogen-bond acceptors (Lipinski definition) is 37. The van der Waals surface area contributed by atoms with Crippen LogP contribution in [0.15, 0.2) is 139 Å². The molecule has 0 amide bonds. The Hall–Kier alpha value is -5.77. The van der Waals surface area contributed by atoms with Gasteiger partial charge in [0, 0.05) is 145 Å². The molecule has 0 bridgehead atoms. The predicted molar refractivity (Wildman–Crippen MR) is 550 cm³/mol. The number of fused-ring (bicyclic) bond motifs is 4. The third-order valence-corrected chi connectivity index (χ3v) is 29.0. The second kappa shape index (κ2) is 66.7. The van der Waals surface area contributed by atoms with Crippen LogP contribution in [0.2, 0.25) is 0 Å². The van der Waals surface area contributed by atoms with Crippen molar-refractivity contribution in [1.29, 1.82) is 0 Å². The van der Waals surface area contributed by atoms with Crippen molar-refractivity contribution in [3.63, 3.8) is 0 Å². The van der Waals surface area contributed by atoms with Crippen LogP contribution in [0.3, 0.4) is 0 Å². The molecule has 2 aromatic carbocycles. The van der Waals surface area contributed by atoms with Gasteiger partial charge in [-0.1, -0.05) is 65.8 Å². The van der Waals surface area contributed by atoms with E-state index in [1.807, 2.05) is 159 Å². The average molecular weight is 2230 g/mol.